The second kappa shape index (κ2) is 9.96. The summed E-state index contributed by atoms with van der Waals surface area (Å²) in [5, 5.41) is 10.5. The molecule has 1 N–H and O–H groups in total. The topological polar surface area (TPSA) is 114 Å². The normalized spacial score (nSPS) is 11.0. The van der Waals surface area contributed by atoms with Crippen LogP contribution in [0.4, 0.5) is 5.95 Å². The number of nitrogens with zero attached hydrogens (tertiary/aromatic N) is 3. The highest BCUT2D eigenvalue weighted by Crippen LogP contribution is 2.38. The van der Waals surface area contributed by atoms with Crippen molar-refractivity contribution in [3.63, 3.8) is 0 Å². The number of anilines is 1. The number of rotatable bonds is 9. The number of benzene rings is 1. The maximum Gasteiger partial charge on any atom is 0.236 e. The summed E-state index contributed by atoms with van der Waals surface area (Å²) in [7, 11) is -3.46. The van der Waals surface area contributed by atoms with Crippen LogP contribution in [-0.2, 0) is 16.6 Å². The van der Waals surface area contributed by atoms with E-state index in [2.05, 4.69) is 20.8 Å². The van der Waals surface area contributed by atoms with Gasteiger partial charge in [0, 0.05) is 11.1 Å². The van der Waals surface area contributed by atoms with Crippen LogP contribution in [-0.4, -0.2) is 31.2 Å². The average Bonchev–Trinajstić information content (AvgIpc) is 3.19. The van der Waals surface area contributed by atoms with Gasteiger partial charge in [-0.3, -0.25) is 4.72 Å². The van der Waals surface area contributed by atoms with Gasteiger partial charge in [-0.15, -0.1) is 0 Å². The van der Waals surface area contributed by atoms with E-state index >= 15 is 0 Å². The molecular weight excluding hydrogens is 460 g/mol. The minimum absolute atomic E-state index is 0.0143. The molecule has 0 radical (unpaired) electrons. The average molecular weight is 479 g/mol. The second-order valence-electron chi connectivity index (χ2n) is 6.45. The van der Waals surface area contributed by atoms with Gasteiger partial charge in [0.2, 0.25) is 16.0 Å². The standard InChI is InChI=1S/C20H19ClN4O4S2/c1-3-8-28-19-14(11-22)9-13(10-16(19)21)17-4-5-18(30-17)29-12-15-6-7-23-20(24-15)25-31(2,26)27/h4-7,9-10H,3,8,12H2,1-2H3,(H,23,24,25). The fraction of sp³-hybridized carbons (Fsp3) is 0.250. The van der Waals surface area contributed by atoms with Crippen molar-refractivity contribution in [3.05, 3.63) is 52.8 Å². The van der Waals surface area contributed by atoms with E-state index < -0.39 is 10.0 Å². The molecule has 0 aliphatic heterocycles. The highest BCUT2D eigenvalue weighted by Gasteiger charge is 2.14. The Morgan fingerprint density at radius 2 is 2.06 bits per heavy atom. The van der Waals surface area contributed by atoms with Crippen LogP contribution in [0.2, 0.25) is 5.02 Å². The molecule has 0 fully saturated rings. The first-order chi connectivity index (χ1) is 14.8. The molecule has 8 nitrogen and oxygen atoms in total. The molecule has 0 saturated heterocycles. The van der Waals surface area contributed by atoms with E-state index in [1.54, 1.807) is 24.3 Å². The number of hydrogen-bond acceptors (Lipinski definition) is 8. The third kappa shape index (κ3) is 6.30. The van der Waals surface area contributed by atoms with Crippen LogP contribution < -0.4 is 14.2 Å². The van der Waals surface area contributed by atoms with E-state index in [9.17, 15) is 13.7 Å². The lowest BCUT2D eigenvalue weighted by atomic mass is 10.1. The molecular formula is C20H19ClN4O4S2. The zero-order valence-corrected chi connectivity index (χ0v) is 19.1. The van der Waals surface area contributed by atoms with Gasteiger partial charge >= 0.3 is 0 Å². The van der Waals surface area contributed by atoms with Gasteiger partial charge < -0.3 is 9.47 Å². The molecule has 3 aromatic rings. The SMILES string of the molecule is CCCOc1c(Cl)cc(-c2ccc(OCc3ccnc(NS(C)(=O)=O)n3)s2)cc1C#N. The van der Waals surface area contributed by atoms with Gasteiger partial charge in [0.1, 0.15) is 12.7 Å². The first-order valence-corrected chi connectivity index (χ1v) is 12.3. The van der Waals surface area contributed by atoms with Crippen molar-refractivity contribution in [1.29, 1.82) is 5.26 Å². The lowest BCUT2D eigenvalue weighted by Gasteiger charge is -2.10. The van der Waals surface area contributed by atoms with Gasteiger partial charge in [-0.25, -0.2) is 18.4 Å². The Balaban J connectivity index is 1.73. The zero-order chi connectivity index (χ0) is 22.4. The van der Waals surface area contributed by atoms with Gasteiger partial charge in [0.05, 0.1) is 29.1 Å². The smallest absolute Gasteiger partial charge is 0.236 e. The van der Waals surface area contributed by atoms with E-state index in [0.29, 0.717) is 33.7 Å². The predicted molar refractivity (Wildman–Crippen MR) is 120 cm³/mol. The van der Waals surface area contributed by atoms with Crippen LogP contribution in [0, 0.1) is 11.3 Å². The van der Waals surface area contributed by atoms with Crippen LogP contribution in [0.25, 0.3) is 10.4 Å². The Morgan fingerprint density at radius 3 is 2.77 bits per heavy atom. The molecule has 162 valence electrons. The number of ether oxygens (including phenoxy) is 2. The van der Waals surface area contributed by atoms with Crippen molar-refractivity contribution in [2.24, 2.45) is 0 Å². The minimum Gasteiger partial charge on any atom is -0.491 e. The Kier molecular flexibility index (Phi) is 7.33. The molecule has 0 spiro atoms. The Morgan fingerprint density at radius 1 is 1.26 bits per heavy atom. The summed E-state index contributed by atoms with van der Waals surface area (Å²) in [5.41, 5.74) is 1.67. The lowest BCUT2D eigenvalue weighted by molar-refractivity contribution is 0.310. The molecule has 0 amide bonds. The van der Waals surface area contributed by atoms with Crippen molar-refractivity contribution in [3.8, 4) is 27.3 Å². The molecule has 3 rings (SSSR count). The van der Waals surface area contributed by atoms with E-state index in [4.69, 9.17) is 21.1 Å². The second-order valence-corrected chi connectivity index (χ2v) is 9.65. The number of nitriles is 1. The Bertz CT molecular complexity index is 1220. The fourth-order valence-electron chi connectivity index (χ4n) is 2.56. The van der Waals surface area contributed by atoms with Crippen molar-refractivity contribution in [2.75, 3.05) is 17.6 Å². The zero-order valence-electron chi connectivity index (χ0n) is 16.8. The van der Waals surface area contributed by atoms with E-state index in [-0.39, 0.29) is 12.6 Å². The van der Waals surface area contributed by atoms with Crippen LogP contribution in [0.5, 0.6) is 10.8 Å². The summed E-state index contributed by atoms with van der Waals surface area (Å²) in [6.45, 7) is 2.59. The Labute approximate surface area is 189 Å². The predicted octanol–water partition coefficient (Wildman–Crippen LogP) is 4.47. The minimum atomic E-state index is -3.46. The molecule has 0 aliphatic carbocycles. The molecule has 0 unspecified atom stereocenters. The van der Waals surface area contributed by atoms with Crippen LogP contribution in [0.3, 0.4) is 0 Å². The third-order valence-electron chi connectivity index (χ3n) is 3.83. The number of hydrogen-bond donors (Lipinski definition) is 1. The number of sulfonamides is 1. The van der Waals surface area contributed by atoms with Gasteiger partial charge in [-0.2, -0.15) is 5.26 Å². The molecule has 1 aromatic carbocycles. The van der Waals surface area contributed by atoms with Crippen molar-refractivity contribution in [1.82, 2.24) is 9.97 Å². The van der Waals surface area contributed by atoms with Gasteiger partial charge in [-0.05, 0) is 42.3 Å². The lowest BCUT2D eigenvalue weighted by Crippen LogP contribution is -2.13. The van der Waals surface area contributed by atoms with Crippen molar-refractivity contribution < 1.29 is 17.9 Å². The van der Waals surface area contributed by atoms with E-state index in [1.165, 1.54) is 17.5 Å². The molecule has 0 bridgehead atoms. The maximum atomic E-state index is 11.3. The molecule has 31 heavy (non-hydrogen) atoms. The van der Waals surface area contributed by atoms with E-state index in [1.807, 2.05) is 13.0 Å². The van der Waals surface area contributed by atoms with Crippen LogP contribution in [0.1, 0.15) is 24.6 Å². The largest absolute Gasteiger partial charge is 0.491 e. The maximum absolute atomic E-state index is 11.3. The molecule has 2 heterocycles. The van der Waals surface area contributed by atoms with Crippen LogP contribution in [0.15, 0.2) is 36.5 Å². The third-order valence-corrected chi connectivity index (χ3v) is 5.71. The van der Waals surface area contributed by atoms with Gasteiger partial charge in [0.15, 0.2) is 10.8 Å². The Hall–Kier alpha value is -2.87. The monoisotopic (exact) mass is 478 g/mol. The molecule has 0 saturated carbocycles. The first-order valence-electron chi connectivity index (χ1n) is 9.18. The van der Waals surface area contributed by atoms with Crippen LogP contribution >= 0.6 is 22.9 Å². The van der Waals surface area contributed by atoms with Gasteiger partial charge in [-0.1, -0.05) is 29.9 Å². The summed E-state index contributed by atoms with van der Waals surface area (Å²) in [6.07, 6.45) is 3.29. The number of thiophene rings is 1. The van der Waals surface area contributed by atoms with Crippen molar-refractivity contribution in [2.45, 2.75) is 20.0 Å². The first kappa shape index (κ1) is 22.8. The molecule has 2 aromatic heterocycles. The summed E-state index contributed by atoms with van der Waals surface area (Å²) < 4.78 is 36.2. The molecule has 0 atom stereocenters. The number of halogens is 1. The summed E-state index contributed by atoms with van der Waals surface area (Å²) in [4.78, 5) is 8.86. The summed E-state index contributed by atoms with van der Waals surface area (Å²) in [5.74, 6) is 0.379. The fourth-order valence-corrected chi connectivity index (χ4v) is 4.11. The van der Waals surface area contributed by atoms with E-state index in [0.717, 1.165) is 23.1 Å². The quantitative estimate of drug-likeness (QED) is 0.482. The summed E-state index contributed by atoms with van der Waals surface area (Å²) >= 11 is 7.73. The van der Waals surface area contributed by atoms with Crippen molar-refractivity contribution >= 4 is 38.9 Å². The summed E-state index contributed by atoms with van der Waals surface area (Å²) in [6, 6.07) is 10.9. The molecule has 0 aliphatic rings. The highest BCUT2D eigenvalue weighted by molar-refractivity contribution is 7.91. The molecule has 11 heteroatoms. The number of nitrogens with one attached hydrogen (secondary N) is 1. The highest BCUT2D eigenvalue weighted by atomic mass is 35.5. The number of aromatic nitrogens is 2. The van der Waals surface area contributed by atoms with Gasteiger partial charge in [0.25, 0.3) is 0 Å².